The summed E-state index contributed by atoms with van der Waals surface area (Å²) in [6.45, 7) is 2.74. The minimum Gasteiger partial charge on any atom is -0.441 e. The maximum Gasteiger partial charge on any atom is 0.192 e. The van der Waals surface area contributed by atoms with Gasteiger partial charge in [0.15, 0.2) is 11.5 Å². The molecule has 0 bridgehead atoms. The van der Waals surface area contributed by atoms with Crippen LogP contribution in [0.5, 0.6) is 0 Å². The van der Waals surface area contributed by atoms with Crippen LogP contribution in [0.15, 0.2) is 27.2 Å². The zero-order chi connectivity index (χ0) is 14.1. The van der Waals surface area contributed by atoms with E-state index in [0.717, 1.165) is 45.8 Å². The minimum absolute atomic E-state index is 0.674. The molecule has 0 saturated carbocycles. The fraction of sp³-hybridized carbons (Fsp3) is 0.286. The molecule has 2 aromatic heterocycles. The quantitative estimate of drug-likeness (QED) is 0.769. The molecule has 2 N–H and O–H groups in total. The summed E-state index contributed by atoms with van der Waals surface area (Å²) in [5, 5.41) is 3.11. The van der Waals surface area contributed by atoms with Crippen LogP contribution >= 0.6 is 15.9 Å². The first-order valence-electron chi connectivity index (χ1n) is 6.44. The highest BCUT2D eigenvalue weighted by molar-refractivity contribution is 9.10. The van der Waals surface area contributed by atoms with Crippen molar-refractivity contribution in [2.75, 3.05) is 13.6 Å². The number of hydrogen-bond donors (Lipinski definition) is 2. The van der Waals surface area contributed by atoms with Crippen LogP contribution in [0.4, 0.5) is 0 Å². The number of fused-ring (bicyclic) bond motifs is 1. The average Bonchev–Trinajstić information content (AvgIpc) is 2.97. The Kier molecular flexibility index (Phi) is 3.58. The molecule has 0 aliphatic heterocycles. The Balaban J connectivity index is 1.99. The van der Waals surface area contributed by atoms with Gasteiger partial charge in [-0.05, 0) is 35.1 Å². The Labute approximate surface area is 124 Å². The van der Waals surface area contributed by atoms with E-state index in [1.165, 1.54) is 0 Å². The van der Waals surface area contributed by atoms with E-state index in [4.69, 9.17) is 4.42 Å². The van der Waals surface area contributed by atoms with Gasteiger partial charge in [0.25, 0.3) is 0 Å². The lowest BCUT2D eigenvalue weighted by Gasteiger charge is -1.97. The third-order valence-electron chi connectivity index (χ3n) is 3.09. The van der Waals surface area contributed by atoms with Gasteiger partial charge < -0.3 is 14.7 Å². The van der Waals surface area contributed by atoms with Gasteiger partial charge in [0, 0.05) is 25.5 Å². The standard InChI is InChI=1S/C14H15BrN4O/c1-8-17-10-4-3-9(7-11(10)20-8)13-14(15)19-12(18-13)5-6-16-2/h3-4,7,16H,5-6H2,1-2H3,(H,18,19). The minimum atomic E-state index is 0.674. The highest BCUT2D eigenvalue weighted by atomic mass is 79.9. The number of likely N-dealkylation sites (N-methyl/N-ethyl adjacent to an activating group) is 1. The van der Waals surface area contributed by atoms with E-state index >= 15 is 0 Å². The van der Waals surface area contributed by atoms with E-state index in [1.54, 1.807) is 0 Å². The van der Waals surface area contributed by atoms with Gasteiger partial charge in [-0.2, -0.15) is 0 Å². The van der Waals surface area contributed by atoms with Crippen LogP contribution in [-0.2, 0) is 6.42 Å². The van der Waals surface area contributed by atoms with Crippen LogP contribution in [0.1, 0.15) is 11.7 Å². The second-order valence-corrected chi connectivity index (χ2v) is 5.41. The number of rotatable bonds is 4. The van der Waals surface area contributed by atoms with Crippen molar-refractivity contribution < 1.29 is 4.42 Å². The smallest absolute Gasteiger partial charge is 0.192 e. The molecule has 6 heteroatoms. The van der Waals surface area contributed by atoms with E-state index in [0.29, 0.717) is 5.89 Å². The largest absolute Gasteiger partial charge is 0.441 e. The summed E-state index contributed by atoms with van der Waals surface area (Å²) in [7, 11) is 1.93. The molecular weight excluding hydrogens is 320 g/mol. The summed E-state index contributed by atoms with van der Waals surface area (Å²) in [5.41, 5.74) is 3.56. The second-order valence-electron chi connectivity index (χ2n) is 4.62. The molecule has 20 heavy (non-hydrogen) atoms. The van der Waals surface area contributed by atoms with Crippen molar-refractivity contribution in [1.82, 2.24) is 20.3 Å². The molecule has 3 rings (SSSR count). The van der Waals surface area contributed by atoms with Gasteiger partial charge in [-0.25, -0.2) is 9.97 Å². The fourth-order valence-electron chi connectivity index (χ4n) is 2.14. The van der Waals surface area contributed by atoms with Crippen molar-refractivity contribution in [2.45, 2.75) is 13.3 Å². The lowest BCUT2D eigenvalue weighted by Crippen LogP contribution is -2.11. The number of nitrogens with one attached hydrogen (secondary N) is 2. The average molecular weight is 335 g/mol. The molecule has 0 atom stereocenters. The first-order chi connectivity index (χ1) is 9.67. The van der Waals surface area contributed by atoms with Crippen molar-refractivity contribution in [2.24, 2.45) is 0 Å². The molecule has 0 radical (unpaired) electrons. The van der Waals surface area contributed by atoms with E-state index in [-0.39, 0.29) is 0 Å². The number of oxazole rings is 1. The maximum absolute atomic E-state index is 5.57. The molecule has 0 saturated heterocycles. The normalized spacial score (nSPS) is 11.3. The van der Waals surface area contributed by atoms with Crippen molar-refractivity contribution in [3.05, 3.63) is 34.5 Å². The summed E-state index contributed by atoms with van der Waals surface area (Å²) in [4.78, 5) is 12.2. The van der Waals surface area contributed by atoms with Crippen molar-refractivity contribution >= 4 is 27.0 Å². The summed E-state index contributed by atoms with van der Waals surface area (Å²) in [6.07, 6.45) is 0.860. The van der Waals surface area contributed by atoms with Crippen LogP contribution in [0.25, 0.3) is 22.4 Å². The van der Waals surface area contributed by atoms with Crippen molar-refractivity contribution in [3.63, 3.8) is 0 Å². The predicted octanol–water partition coefficient (Wildman–Crippen LogP) is 3.05. The molecule has 0 unspecified atom stereocenters. The molecule has 0 spiro atoms. The highest BCUT2D eigenvalue weighted by Crippen LogP contribution is 2.29. The summed E-state index contributed by atoms with van der Waals surface area (Å²) < 4.78 is 6.46. The van der Waals surface area contributed by atoms with Crippen LogP contribution in [0.2, 0.25) is 0 Å². The number of halogens is 1. The molecule has 0 fully saturated rings. The van der Waals surface area contributed by atoms with E-state index < -0.39 is 0 Å². The van der Waals surface area contributed by atoms with Gasteiger partial charge >= 0.3 is 0 Å². The third-order valence-corrected chi connectivity index (χ3v) is 3.66. The third kappa shape index (κ3) is 2.48. The zero-order valence-corrected chi connectivity index (χ0v) is 12.9. The zero-order valence-electron chi connectivity index (χ0n) is 11.3. The fourth-order valence-corrected chi connectivity index (χ4v) is 2.68. The van der Waals surface area contributed by atoms with Gasteiger partial charge in [0.05, 0.1) is 0 Å². The first kappa shape index (κ1) is 13.3. The molecule has 104 valence electrons. The topological polar surface area (TPSA) is 66.7 Å². The molecular formula is C14H15BrN4O. The van der Waals surface area contributed by atoms with Gasteiger partial charge in [0.2, 0.25) is 0 Å². The summed E-state index contributed by atoms with van der Waals surface area (Å²) >= 11 is 3.53. The Morgan fingerprint density at radius 2 is 2.20 bits per heavy atom. The van der Waals surface area contributed by atoms with Crippen LogP contribution in [0.3, 0.4) is 0 Å². The number of H-pyrrole nitrogens is 1. The number of aromatic nitrogens is 3. The maximum atomic E-state index is 5.57. The van der Waals surface area contributed by atoms with E-state index in [9.17, 15) is 0 Å². The van der Waals surface area contributed by atoms with E-state index in [2.05, 4.69) is 36.2 Å². The molecule has 3 aromatic rings. The number of aryl methyl sites for hydroxylation is 1. The van der Waals surface area contributed by atoms with Crippen LogP contribution < -0.4 is 5.32 Å². The molecule has 5 nitrogen and oxygen atoms in total. The number of imidazole rings is 1. The van der Waals surface area contributed by atoms with Crippen LogP contribution in [0, 0.1) is 6.92 Å². The van der Waals surface area contributed by atoms with Crippen LogP contribution in [-0.4, -0.2) is 28.5 Å². The molecule has 0 aliphatic carbocycles. The lowest BCUT2D eigenvalue weighted by atomic mass is 10.1. The van der Waals surface area contributed by atoms with Gasteiger partial charge in [-0.1, -0.05) is 6.07 Å². The molecule has 0 amide bonds. The van der Waals surface area contributed by atoms with E-state index in [1.807, 2.05) is 32.2 Å². The monoisotopic (exact) mass is 334 g/mol. The Morgan fingerprint density at radius 3 is 3.00 bits per heavy atom. The number of aromatic amines is 1. The summed E-state index contributed by atoms with van der Waals surface area (Å²) in [6, 6.07) is 5.93. The van der Waals surface area contributed by atoms with Crippen molar-refractivity contribution in [3.8, 4) is 11.3 Å². The Bertz CT molecular complexity index is 747. The van der Waals surface area contributed by atoms with Gasteiger partial charge in [-0.3, -0.25) is 0 Å². The Hall–Kier alpha value is -1.66. The predicted molar refractivity (Wildman–Crippen MR) is 81.7 cm³/mol. The molecule has 0 aliphatic rings. The van der Waals surface area contributed by atoms with Gasteiger partial charge in [-0.15, -0.1) is 0 Å². The number of nitrogens with zero attached hydrogens (tertiary/aromatic N) is 2. The lowest BCUT2D eigenvalue weighted by molar-refractivity contribution is 0.561. The first-order valence-corrected chi connectivity index (χ1v) is 7.23. The molecule has 2 heterocycles. The highest BCUT2D eigenvalue weighted by Gasteiger charge is 2.12. The summed E-state index contributed by atoms with van der Waals surface area (Å²) in [5.74, 6) is 1.63. The number of hydrogen-bond acceptors (Lipinski definition) is 4. The number of benzene rings is 1. The molecule has 1 aromatic carbocycles. The SMILES string of the molecule is CNCCc1nc(-c2ccc3nc(C)oc3c2)c(Br)[nH]1. The Morgan fingerprint density at radius 1 is 1.35 bits per heavy atom. The second kappa shape index (κ2) is 5.38. The van der Waals surface area contributed by atoms with Crippen molar-refractivity contribution in [1.29, 1.82) is 0 Å². The van der Waals surface area contributed by atoms with Gasteiger partial charge in [0.1, 0.15) is 21.6 Å².